The van der Waals surface area contributed by atoms with Gasteiger partial charge in [0.05, 0.1) is 12.6 Å². The van der Waals surface area contributed by atoms with Gasteiger partial charge in [-0.3, -0.25) is 0 Å². The number of amides is 1. The van der Waals surface area contributed by atoms with E-state index in [0.717, 1.165) is 0 Å². The maximum Gasteiger partial charge on any atom is 0.405 e. The predicted molar refractivity (Wildman–Crippen MR) is 94.6 cm³/mol. The van der Waals surface area contributed by atoms with Gasteiger partial charge in [-0.05, 0) is 43.3 Å². The van der Waals surface area contributed by atoms with Crippen LogP contribution in [0.4, 0.5) is 9.18 Å². The number of ether oxygens (including phenoxy) is 1. The zero-order valence-electron chi connectivity index (χ0n) is 15.3. The van der Waals surface area contributed by atoms with E-state index in [2.05, 4.69) is 39.2 Å². The molecule has 1 atom stereocenters. The Morgan fingerprint density at radius 2 is 1.96 bits per heavy atom. The third kappa shape index (κ3) is 5.79. The van der Waals surface area contributed by atoms with Gasteiger partial charge in [-0.2, -0.15) is 0 Å². The number of benzene rings is 1. The molecule has 0 bridgehead atoms. The van der Waals surface area contributed by atoms with E-state index < -0.39 is 26.3 Å². The Hall–Kier alpha value is -1.60. The van der Waals surface area contributed by atoms with Crippen LogP contribution in [-0.4, -0.2) is 32.7 Å². The largest absolute Gasteiger partial charge is 0.491 e. The molecule has 0 heterocycles. The molecule has 136 valence electrons. The van der Waals surface area contributed by atoms with Gasteiger partial charge in [-0.25, -0.2) is 9.18 Å². The molecule has 0 aromatic heterocycles. The summed E-state index contributed by atoms with van der Waals surface area (Å²) in [5, 5.41) is 11.2. The average molecular weight is 357 g/mol. The molecule has 0 spiro atoms. The summed E-state index contributed by atoms with van der Waals surface area (Å²) in [6.45, 7) is 13.2. The predicted octanol–water partition coefficient (Wildman–Crippen LogP) is 4.55. The van der Waals surface area contributed by atoms with Crippen LogP contribution >= 0.6 is 0 Å². The number of hydrogen-bond donors (Lipinski definition) is 2. The number of hydrogen-bond acceptors (Lipinski definition) is 3. The third-order valence-corrected chi connectivity index (χ3v) is 8.93. The van der Waals surface area contributed by atoms with Crippen molar-refractivity contribution in [3.63, 3.8) is 0 Å². The fraction of sp³-hybridized carbons (Fsp3) is 0.588. The fourth-order valence-corrected chi connectivity index (χ4v) is 2.94. The molecule has 0 aliphatic carbocycles. The summed E-state index contributed by atoms with van der Waals surface area (Å²) in [7, 11) is -1.84. The highest BCUT2D eigenvalue weighted by molar-refractivity contribution is 6.74. The van der Waals surface area contributed by atoms with Gasteiger partial charge in [0, 0.05) is 5.56 Å². The van der Waals surface area contributed by atoms with Gasteiger partial charge in [0.15, 0.2) is 8.32 Å². The molecule has 1 aromatic rings. The van der Waals surface area contributed by atoms with E-state index in [1.165, 1.54) is 18.2 Å². The monoisotopic (exact) mass is 357 g/mol. The molecule has 1 unspecified atom stereocenters. The minimum absolute atomic E-state index is 0.119. The van der Waals surface area contributed by atoms with Gasteiger partial charge >= 0.3 is 6.09 Å². The highest BCUT2D eigenvalue weighted by Crippen LogP contribution is 2.36. The molecule has 0 aliphatic rings. The van der Waals surface area contributed by atoms with Gasteiger partial charge < -0.3 is 19.6 Å². The van der Waals surface area contributed by atoms with Crippen molar-refractivity contribution in [1.82, 2.24) is 5.32 Å². The molecule has 0 radical (unpaired) electrons. The zero-order valence-corrected chi connectivity index (χ0v) is 16.3. The maximum absolute atomic E-state index is 13.5. The normalized spacial score (nSPS) is 13.5. The van der Waals surface area contributed by atoms with Crippen LogP contribution in [0, 0.1) is 5.82 Å². The highest BCUT2D eigenvalue weighted by atomic mass is 28.4. The first-order chi connectivity index (χ1) is 10.9. The van der Waals surface area contributed by atoms with Crippen molar-refractivity contribution in [2.75, 3.05) is 13.2 Å². The van der Waals surface area contributed by atoms with Crippen LogP contribution in [0.2, 0.25) is 18.1 Å². The lowest BCUT2D eigenvalue weighted by Crippen LogP contribution is -2.41. The second kappa shape index (κ2) is 7.98. The number of carboxylic acid groups (broad SMARTS) is 1. The Kier molecular flexibility index (Phi) is 6.80. The molecule has 0 saturated carbocycles. The van der Waals surface area contributed by atoms with Gasteiger partial charge in [0.1, 0.15) is 18.2 Å². The summed E-state index contributed by atoms with van der Waals surface area (Å²) in [6, 6.07) is 3.51. The van der Waals surface area contributed by atoms with E-state index in [-0.39, 0.29) is 5.04 Å². The van der Waals surface area contributed by atoms with Crippen LogP contribution in [0.3, 0.4) is 0 Å². The number of halogens is 1. The summed E-state index contributed by atoms with van der Waals surface area (Å²) < 4.78 is 25.2. The lowest BCUT2D eigenvalue weighted by Gasteiger charge is -2.36. The zero-order chi connectivity index (χ0) is 18.5. The van der Waals surface area contributed by atoms with E-state index >= 15 is 0 Å². The van der Waals surface area contributed by atoms with Crippen LogP contribution in [0.25, 0.3) is 0 Å². The minimum atomic E-state index is -1.84. The van der Waals surface area contributed by atoms with Crippen LogP contribution in [0.15, 0.2) is 18.2 Å². The van der Waals surface area contributed by atoms with E-state index in [9.17, 15) is 9.18 Å². The summed E-state index contributed by atoms with van der Waals surface area (Å²) in [4.78, 5) is 10.8. The smallest absolute Gasteiger partial charge is 0.405 e. The quantitative estimate of drug-likeness (QED) is 0.555. The average Bonchev–Trinajstić information content (AvgIpc) is 2.42. The van der Waals surface area contributed by atoms with Crippen molar-refractivity contribution in [2.24, 2.45) is 0 Å². The minimum Gasteiger partial charge on any atom is -0.491 e. The Bertz CT molecular complexity index is 572. The Morgan fingerprint density at radius 1 is 1.33 bits per heavy atom. The molecular formula is C17H28FNO4Si. The van der Waals surface area contributed by atoms with Gasteiger partial charge in [0.25, 0.3) is 0 Å². The summed E-state index contributed by atoms with van der Waals surface area (Å²) in [5.74, 6) is 0.0189. The third-order valence-electron chi connectivity index (χ3n) is 4.39. The summed E-state index contributed by atoms with van der Waals surface area (Å²) in [5.41, 5.74) is 0.463. The molecular weight excluding hydrogens is 329 g/mol. The molecule has 7 heteroatoms. The standard InChI is InChI=1S/C17H28FNO4Si/c1-12(19-16(20)21)14-11-13(18)7-8-15(14)22-9-10-23-24(5,6)17(2,3)4/h7-8,11-12,19H,9-10H2,1-6H3,(H,20,21). The Labute approximate surface area is 144 Å². The molecule has 1 rings (SSSR count). The van der Waals surface area contributed by atoms with Crippen molar-refractivity contribution in [1.29, 1.82) is 0 Å². The number of nitrogens with one attached hydrogen (secondary N) is 1. The molecule has 5 nitrogen and oxygen atoms in total. The van der Waals surface area contributed by atoms with Gasteiger partial charge in [-0.15, -0.1) is 0 Å². The second-order valence-electron chi connectivity index (χ2n) is 7.31. The van der Waals surface area contributed by atoms with Crippen LogP contribution in [0.1, 0.15) is 39.3 Å². The topological polar surface area (TPSA) is 67.8 Å². The van der Waals surface area contributed by atoms with E-state index in [4.69, 9.17) is 14.3 Å². The number of carbonyl (C=O) groups is 1. The molecule has 1 amide bonds. The molecule has 0 fully saturated rings. The summed E-state index contributed by atoms with van der Waals surface area (Å²) in [6.07, 6.45) is -1.17. The van der Waals surface area contributed by atoms with E-state index in [1.54, 1.807) is 6.92 Å². The lowest BCUT2D eigenvalue weighted by atomic mass is 10.1. The first-order valence-electron chi connectivity index (χ1n) is 8.00. The van der Waals surface area contributed by atoms with Crippen molar-refractivity contribution in [2.45, 2.75) is 51.9 Å². The fourth-order valence-electron chi connectivity index (χ4n) is 1.92. The Balaban J connectivity index is 2.70. The second-order valence-corrected chi connectivity index (χ2v) is 12.1. The van der Waals surface area contributed by atoms with Gasteiger partial charge in [-0.1, -0.05) is 20.8 Å². The van der Waals surface area contributed by atoms with Crippen molar-refractivity contribution in [3.05, 3.63) is 29.6 Å². The molecule has 24 heavy (non-hydrogen) atoms. The van der Waals surface area contributed by atoms with Crippen molar-refractivity contribution < 1.29 is 23.5 Å². The SMILES string of the molecule is CC(NC(=O)O)c1cc(F)ccc1OCCO[Si](C)(C)C(C)(C)C. The van der Waals surface area contributed by atoms with E-state index in [0.29, 0.717) is 24.5 Å². The van der Waals surface area contributed by atoms with E-state index in [1.807, 2.05) is 0 Å². The van der Waals surface area contributed by atoms with Gasteiger partial charge in [0.2, 0.25) is 0 Å². The summed E-state index contributed by atoms with van der Waals surface area (Å²) >= 11 is 0. The molecule has 0 saturated heterocycles. The highest BCUT2D eigenvalue weighted by Gasteiger charge is 2.36. The molecule has 0 aliphatic heterocycles. The first-order valence-corrected chi connectivity index (χ1v) is 10.9. The van der Waals surface area contributed by atoms with Crippen LogP contribution < -0.4 is 10.1 Å². The van der Waals surface area contributed by atoms with Crippen LogP contribution in [-0.2, 0) is 4.43 Å². The molecule has 2 N–H and O–H groups in total. The first kappa shape index (κ1) is 20.4. The number of rotatable bonds is 7. The Morgan fingerprint density at radius 3 is 2.50 bits per heavy atom. The molecule has 1 aromatic carbocycles. The van der Waals surface area contributed by atoms with Crippen molar-refractivity contribution >= 4 is 14.4 Å². The van der Waals surface area contributed by atoms with Crippen molar-refractivity contribution in [3.8, 4) is 5.75 Å². The lowest BCUT2D eigenvalue weighted by molar-refractivity contribution is 0.189. The maximum atomic E-state index is 13.5. The van der Waals surface area contributed by atoms with Crippen LogP contribution in [0.5, 0.6) is 5.75 Å².